The summed E-state index contributed by atoms with van der Waals surface area (Å²) in [5.74, 6) is 0.847. The third kappa shape index (κ3) is 5.01. The summed E-state index contributed by atoms with van der Waals surface area (Å²) < 4.78 is 6.97. The Morgan fingerprint density at radius 3 is 2.55 bits per heavy atom. The largest absolute Gasteiger partial charge is 0.378 e. The second-order valence-corrected chi connectivity index (χ2v) is 6.98. The minimum Gasteiger partial charge on any atom is -0.378 e. The Morgan fingerprint density at radius 1 is 1.25 bits per heavy atom. The second-order valence-electron chi connectivity index (χ2n) is 5.74. The maximum absolute atomic E-state index is 5.66. The van der Waals surface area contributed by atoms with E-state index in [1.54, 1.807) is 0 Å². The maximum Gasteiger partial charge on any atom is 0.0580 e. The molecule has 0 spiro atoms. The molecule has 0 radical (unpaired) electrons. The lowest BCUT2D eigenvalue weighted by molar-refractivity contribution is -0.0289. The van der Waals surface area contributed by atoms with Gasteiger partial charge in [-0.2, -0.15) is 0 Å². The zero-order valence-electron chi connectivity index (χ0n) is 12.6. The summed E-state index contributed by atoms with van der Waals surface area (Å²) in [7, 11) is 0. The molecule has 3 heteroatoms. The van der Waals surface area contributed by atoms with E-state index in [-0.39, 0.29) is 0 Å². The average Bonchev–Trinajstić information content (AvgIpc) is 2.39. The fourth-order valence-electron chi connectivity index (χ4n) is 3.07. The van der Waals surface area contributed by atoms with Crippen LogP contribution in [0.4, 0.5) is 0 Å². The first-order valence-corrected chi connectivity index (χ1v) is 8.88. The highest BCUT2D eigenvalue weighted by atomic mass is 127. The fraction of sp³-hybridized carbons (Fsp3) is 0.647. The van der Waals surface area contributed by atoms with Crippen molar-refractivity contribution in [3.05, 3.63) is 33.4 Å². The highest BCUT2D eigenvalue weighted by molar-refractivity contribution is 14.1. The van der Waals surface area contributed by atoms with E-state index in [1.807, 2.05) is 0 Å². The minimum atomic E-state index is 0.533. The van der Waals surface area contributed by atoms with Crippen LogP contribution in [0.5, 0.6) is 0 Å². The van der Waals surface area contributed by atoms with Crippen LogP contribution >= 0.6 is 22.6 Å². The standard InChI is InChI=1S/C17H26INO/c1-3-19-16(9-13-5-7-15(18)8-6-13)10-14-11-17(12-14)20-4-2/h5-8,14,16-17,19H,3-4,9-12H2,1-2H3. The van der Waals surface area contributed by atoms with Gasteiger partial charge in [0.25, 0.3) is 0 Å². The van der Waals surface area contributed by atoms with E-state index in [4.69, 9.17) is 4.74 Å². The summed E-state index contributed by atoms with van der Waals surface area (Å²) in [6, 6.07) is 9.53. The number of halogens is 1. The number of benzene rings is 1. The SMILES string of the molecule is CCNC(Cc1ccc(I)cc1)CC1CC(OCC)C1. The van der Waals surface area contributed by atoms with E-state index in [0.29, 0.717) is 12.1 Å². The number of ether oxygens (including phenoxy) is 1. The molecule has 1 aliphatic rings. The summed E-state index contributed by atoms with van der Waals surface area (Å²) in [6.45, 7) is 6.20. The van der Waals surface area contributed by atoms with E-state index < -0.39 is 0 Å². The second kappa shape index (κ2) is 8.35. The van der Waals surface area contributed by atoms with Crippen LogP contribution in [0, 0.1) is 9.49 Å². The molecule has 1 unspecified atom stereocenters. The van der Waals surface area contributed by atoms with E-state index in [2.05, 4.69) is 66.0 Å². The summed E-state index contributed by atoms with van der Waals surface area (Å²) in [6.07, 6.45) is 5.46. The Hall–Kier alpha value is -0.130. The van der Waals surface area contributed by atoms with Crippen LogP contribution in [0.25, 0.3) is 0 Å². The lowest BCUT2D eigenvalue weighted by Crippen LogP contribution is -2.39. The summed E-state index contributed by atoms with van der Waals surface area (Å²) in [5, 5.41) is 3.65. The molecule has 1 saturated carbocycles. The van der Waals surface area contributed by atoms with Gasteiger partial charge in [0.15, 0.2) is 0 Å². The van der Waals surface area contributed by atoms with Gasteiger partial charge in [-0.1, -0.05) is 19.1 Å². The number of likely N-dealkylation sites (N-methyl/N-ethyl adjacent to an activating group) is 1. The fourth-order valence-corrected chi connectivity index (χ4v) is 3.43. The molecule has 0 heterocycles. The van der Waals surface area contributed by atoms with Gasteiger partial charge in [-0.3, -0.25) is 0 Å². The van der Waals surface area contributed by atoms with Crippen LogP contribution in [-0.4, -0.2) is 25.3 Å². The predicted molar refractivity (Wildman–Crippen MR) is 93.1 cm³/mol. The van der Waals surface area contributed by atoms with Crippen molar-refractivity contribution < 1.29 is 4.74 Å². The minimum absolute atomic E-state index is 0.533. The first kappa shape index (κ1) is 16.2. The lowest BCUT2D eigenvalue weighted by Gasteiger charge is -2.37. The van der Waals surface area contributed by atoms with Crippen molar-refractivity contribution in [3.8, 4) is 0 Å². The molecule has 1 aliphatic carbocycles. The average molecular weight is 387 g/mol. The first-order valence-electron chi connectivity index (χ1n) is 7.80. The lowest BCUT2D eigenvalue weighted by atomic mass is 9.77. The zero-order chi connectivity index (χ0) is 14.4. The number of rotatable bonds is 8. The van der Waals surface area contributed by atoms with Crippen molar-refractivity contribution in [2.75, 3.05) is 13.2 Å². The van der Waals surface area contributed by atoms with Crippen LogP contribution in [0.3, 0.4) is 0 Å². The molecule has 0 aliphatic heterocycles. The van der Waals surface area contributed by atoms with Crippen molar-refractivity contribution >= 4 is 22.6 Å². The third-order valence-electron chi connectivity index (χ3n) is 4.10. The number of hydrogen-bond acceptors (Lipinski definition) is 2. The first-order chi connectivity index (χ1) is 9.71. The quantitative estimate of drug-likeness (QED) is 0.681. The Labute approximate surface area is 136 Å². The Balaban J connectivity index is 1.80. The maximum atomic E-state index is 5.66. The van der Waals surface area contributed by atoms with Crippen molar-refractivity contribution in [1.29, 1.82) is 0 Å². The van der Waals surface area contributed by atoms with Gasteiger partial charge in [0.2, 0.25) is 0 Å². The van der Waals surface area contributed by atoms with Crippen LogP contribution in [-0.2, 0) is 11.2 Å². The molecule has 0 saturated heterocycles. The molecule has 0 amide bonds. The summed E-state index contributed by atoms with van der Waals surface area (Å²) in [4.78, 5) is 0. The van der Waals surface area contributed by atoms with E-state index in [0.717, 1.165) is 25.5 Å². The van der Waals surface area contributed by atoms with E-state index in [9.17, 15) is 0 Å². The smallest absolute Gasteiger partial charge is 0.0580 e. The third-order valence-corrected chi connectivity index (χ3v) is 4.82. The van der Waals surface area contributed by atoms with Crippen molar-refractivity contribution in [1.82, 2.24) is 5.32 Å². The van der Waals surface area contributed by atoms with Gasteiger partial charge in [0.05, 0.1) is 6.10 Å². The van der Waals surface area contributed by atoms with Crippen LogP contribution < -0.4 is 5.32 Å². The molecule has 1 atom stereocenters. The molecule has 20 heavy (non-hydrogen) atoms. The van der Waals surface area contributed by atoms with Crippen LogP contribution in [0.1, 0.15) is 38.7 Å². The van der Waals surface area contributed by atoms with Gasteiger partial charge in [-0.05, 0) is 85.4 Å². The Kier molecular flexibility index (Phi) is 6.78. The highest BCUT2D eigenvalue weighted by Crippen LogP contribution is 2.34. The van der Waals surface area contributed by atoms with Gasteiger partial charge < -0.3 is 10.1 Å². The van der Waals surface area contributed by atoms with Gasteiger partial charge in [0, 0.05) is 16.2 Å². The zero-order valence-corrected chi connectivity index (χ0v) is 14.7. The van der Waals surface area contributed by atoms with Gasteiger partial charge in [-0.25, -0.2) is 0 Å². The molecular formula is C17H26INO. The van der Waals surface area contributed by atoms with Crippen molar-refractivity contribution in [2.45, 2.75) is 51.7 Å². The summed E-state index contributed by atoms with van der Waals surface area (Å²) in [5.41, 5.74) is 1.44. The molecular weight excluding hydrogens is 361 g/mol. The number of nitrogens with one attached hydrogen (secondary N) is 1. The molecule has 1 aromatic carbocycles. The molecule has 1 fully saturated rings. The highest BCUT2D eigenvalue weighted by Gasteiger charge is 2.31. The van der Waals surface area contributed by atoms with Gasteiger partial charge in [0.1, 0.15) is 0 Å². The molecule has 1 aromatic rings. The normalized spacial score (nSPS) is 23.4. The molecule has 112 valence electrons. The van der Waals surface area contributed by atoms with Crippen molar-refractivity contribution in [2.24, 2.45) is 5.92 Å². The topological polar surface area (TPSA) is 21.3 Å². The van der Waals surface area contributed by atoms with E-state index >= 15 is 0 Å². The molecule has 1 N–H and O–H groups in total. The van der Waals surface area contributed by atoms with Gasteiger partial charge >= 0.3 is 0 Å². The van der Waals surface area contributed by atoms with Crippen LogP contribution in [0.2, 0.25) is 0 Å². The van der Waals surface area contributed by atoms with E-state index in [1.165, 1.54) is 28.4 Å². The molecule has 0 aromatic heterocycles. The summed E-state index contributed by atoms with van der Waals surface area (Å²) >= 11 is 2.36. The monoisotopic (exact) mass is 387 g/mol. The molecule has 0 bridgehead atoms. The number of hydrogen-bond donors (Lipinski definition) is 1. The predicted octanol–water partition coefficient (Wildman–Crippen LogP) is 4.02. The van der Waals surface area contributed by atoms with Gasteiger partial charge in [-0.15, -0.1) is 0 Å². The van der Waals surface area contributed by atoms with Crippen LogP contribution in [0.15, 0.2) is 24.3 Å². The van der Waals surface area contributed by atoms with Crippen molar-refractivity contribution in [3.63, 3.8) is 0 Å². The Bertz CT molecular complexity index is 386. The Morgan fingerprint density at radius 2 is 1.95 bits per heavy atom. The molecule has 2 rings (SSSR count). The molecule has 2 nitrogen and oxygen atoms in total.